The number of non-ortho nitro benzene ring substituents is 1. The average Bonchev–Trinajstić information content (AvgIpc) is 3.81. The van der Waals surface area contributed by atoms with Gasteiger partial charge in [0.05, 0.1) is 41.3 Å². The number of cyclic esters (lactones) is 1. The second-order valence-electron chi connectivity index (χ2n) is 16.2. The molecule has 66 heavy (non-hydrogen) atoms. The first-order chi connectivity index (χ1) is 32.1. The molecular formula is C51H44N4O11. The van der Waals surface area contributed by atoms with E-state index in [1.54, 1.807) is 78.9 Å². The molecule has 2 fully saturated rings. The number of hydrogen-bond donors (Lipinski definition) is 3. The van der Waals surface area contributed by atoms with Gasteiger partial charge < -0.3 is 29.7 Å². The number of morpholine rings is 1. The number of esters is 1. The number of nitro benzene ring substituents is 1. The Morgan fingerprint density at radius 2 is 1.39 bits per heavy atom. The Kier molecular flexibility index (Phi) is 12.1. The Morgan fingerprint density at radius 1 is 0.773 bits per heavy atom. The largest absolute Gasteiger partial charge is 0.491 e. The summed E-state index contributed by atoms with van der Waals surface area (Å²) >= 11 is 0. The van der Waals surface area contributed by atoms with Crippen LogP contribution in [0, 0.1) is 16.0 Å². The Labute approximate surface area is 378 Å². The average molecular weight is 889 g/mol. The highest BCUT2D eigenvalue weighted by Gasteiger charge is 2.75. The van der Waals surface area contributed by atoms with Crippen LogP contribution in [0.3, 0.4) is 0 Å². The summed E-state index contributed by atoms with van der Waals surface area (Å²) in [4.78, 5) is 74.9. The Morgan fingerprint density at radius 3 is 2.05 bits per heavy atom. The minimum absolute atomic E-state index is 0.0154. The van der Waals surface area contributed by atoms with Gasteiger partial charge in [-0.2, -0.15) is 0 Å². The van der Waals surface area contributed by atoms with E-state index in [1.165, 1.54) is 24.3 Å². The number of carbonyl (C=O) groups excluding carboxylic acids is 4. The summed E-state index contributed by atoms with van der Waals surface area (Å²) in [6.45, 7) is -0.862. The van der Waals surface area contributed by atoms with Crippen LogP contribution in [-0.2, 0) is 35.9 Å². The lowest BCUT2D eigenvalue weighted by atomic mass is 9.65. The number of nitro groups is 1. The number of rotatable bonds is 13. The molecule has 1 spiro atoms. The zero-order valence-corrected chi connectivity index (χ0v) is 35.3. The van der Waals surface area contributed by atoms with Crippen molar-refractivity contribution in [2.45, 2.75) is 42.4 Å². The molecule has 0 saturated carbocycles. The van der Waals surface area contributed by atoms with Gasteiger partial charge in [-0.25, -0.2) is 9.69 Å². The van der Waals surface area contributed by atoms with E-state index in [0.29, 0.717) is 33.6 Å². The summed E-state index contributed by atoms with van der Waals surface area (Å²) in [5, 5.41) is 35.1. The van der Waals surface area contributed by atoms with Crippen LogP contribution in [-0.4, -0.2) is 69.7 Å². The summed E-state index contributed by atoms with van der Waals surface area (Å²) < 4.78 is 18.0. The van der Waals surface area contributed by atoms with Crippen molar-refractivity contribution in [2.75, 3.05) is 24.7 Å². The van der Waals surface area contributed by atoms with Crippen LogP contribution in [0.15, 0.2) is 164 Å². The molecule has 3 N–H and O–H groups in total. The Balaban J connectivity index is 1.24. The van der Waals surface area contributed by atoms with E-state index in [4.69, 9.17) is 14.2 Å². The number of hydrogen-bond acceptors (Lipinski definition) is 12. The van der Waals surface area contributed by atoms with Gasteiger partial charge in [-0.1, -0.05) is 121 Å². The van der Waals surface area contributed by atoms with Crippen molar-refractivity contribution in [3.8, 4) is 5.75 Å². The topological polar surface area (TPSA) is 198 Å². The molecule has 9 rings (SSSR count). The van der Waals surface area contributed by atoms with Crippen molar-refractivity contribution in [3.63, 3.8) is 0 Å². The number of nitrogens with one attached hydrogen (secondary N) is 1. The summed E-state index contributed by atoms with van der Waals surface area (Å²) in [6.07, 6.45) is -3.19. The Hall–Kier alpha value is -7.72. The van der Waals surface area contributed by atoms with Gasteiger partial charge in [0, 0.05) is 18.7 Å². The van der Waals surface area contributed by atoms with Crippen molar-refractivity contribution in [1.82, 2.24) is 10.2 Å². The number of benzene rings is 6. The standard InChI is InChI=1S/C51H44N4O11/c56-28-29-64-38-26-22-36(23-27-38)46-51(39-18-10-11-19-40(39)53(49(51)60)50(61)65-31-32-20-24-37(25-21-32)55(62)63)42(47(58)52-30-41(57)33-12-4-1-5-13-33)44-48(59)66-45(35-16-8-3-9-17-35)43(54(44)46)34-14-6-2-7-15-34/h1-27,41-46,56-57H,28-31H2,(H,52,58)/t41-,42+,43+,44+,45-,46-,51+/m0/s1. The van der Waals surface area contributed by atoms with E-state index in [9.17, 15) is 25.1 Å². The zero-order valence-electron chi connectivity index (χ0n) is 35.3. The van der Waals surface area contributed by atoms with Crippen LogP contribution >= 0.6 is 0 Å². The van der Waals surface area contributed by atoms with Crippen LogP contribution in [0.25, 0.3) is 0 Å². The molecule has 0 aromatic heterocycles. The maximum atomic E-state index is 16.2. The third-order valence-corrected chi connectivity index (χ3v) is 12.6. The zero-order chi connectivity index (χ0) is 46.0. The van der Waals surface area contributed by atoms with Crippen LogP contribution in [0.2, 0.25) is 0 Å². The molecule has 0 radical (unpaired) electrons. The van der Waals surface area contributed by atoms with Gasteiger partial charge in [-0.3, -0.25) is 29.4 Å². The third kappa shape index (κ3) is 7.72. The summed E-state index contributed by atoms with van der Waals surface area (Å²) in [5.41, 5.74) is 0.976. The molecule has 15 nitrogen and oxygen atoms in total. The van der Waals surface area contributed by atoms with Crippen LogP contribution in [0.5, 0.6) is 5.75 Å². The highest BCUT2D eigenvalue weighted by molar-refractivity contribution is 6.23. The monoisotopic (exact) mass is 888 g/mol. The predicted octanol–water partition coefficient (Wildman–Crippen LogP) is 6.82. The molecule has 2 saturated heterocycles. The SMILES string of the molecule is O=C1O[C@@H](c2ccccc2)[C@@H](c2ccccc2)N2[C@@H](c3ccc(OCCO)cc3)[C@]3(C(=O)N(C(=O)OCc4ccc([N+](=O)[O-])cc4)c4ccccc43)[C@@H](C(=O)NC[C@H](O)c3ccccc3)[C@H]12. The first-order valence-corrected chi connectivity index (χ1v) is 21.4. The number of amides is 3. The molecule has 3 aliphatic heterocycles. The summed E-state index contributed by atoms with van der Waals surface area (Å²) in [7, 11) is 0. The van der Waals surface area contributed by atoms with E-state index in [1.807, 2.05) is 65.6 Å². The molecule has 3 heterocycles. The normalized spacial score (nSPS) is 22.5. The quantitative estimate of drug-likeness (QED) is 0.0623. The summed E-state index contributed by atoms with van der Waals surface area (Å²) in [6, 6.07) is 42.6. The number of fused-ring (bicyclic) bond motifs is 3. The van der Waals surface area contributed by atoms with Crippen LogP contribution in [0.4, 0.5) is 16.2 Å². The number of para-hydroxylation sites is 1. The maximum absolute atomic E-state index is 16.2. The first-order valence-electron chi connectivity index (χ1n) is 21.4. The lowest BCUT2D eigenvalue weighted by Crippen LogP contribution is -2.56. The van der Waals surface area contributed by atoms with Crippen molar-refractivity contribution >= 4 is 35.3 Å². The fourth-order valence-corrected chi connectivity index (χ4v) is 9.78. The van der Waals surface area contributed by atoms with E-state index >= 15 is 14.4 Å². The molecular weight excluding hydrogens is 845 g/mol. The molecule has 0 unspecified atom stereocenters. The predicted molar refractivity (Wildman–Crippen MR) is 239 cm³/mol. The smallest absolute Gasteiger partial charge is 0.421 e. The molecule has 7 atom stereocenters. The second kappa shape index (κ2) is 18.4. The minimum Gasteiger partial charge on any atom is -0.491 e. The Bertz CT molecular complexity index is 2740. The lowest BCUT2D eigenvalue weighted by Gasteiger charge is -2.46. The highest BCUT2D eigenvalue weighted by atomic mass is 16.6. The van der Waals surface area contributed by atoms with Crippen LogP contribution < -0.4 is 15.0 Å². The molecule has 6 aromatic rings. The van der Waals surface area contributed by atoms with Crippen molar-refractivity contribution < 1.29 is 48.5 Å². The van der Waals surface area contributed by atoms with Crippen molar-refractivity contribution in [3.05, 3.63) is 207 Å². The fourth-order valence-electron chi connectivity index (χ4n) is 9.78. The summed E-state index contributed by atoms with van der Waals surface area (Å²) in [5.74, 6) is -3.56. The number of nitrogens with zero attached hydrogens (tertiary/aromatic N) is 3. The maximum Gasteiger partial charge on any atom is 0.421 e. The number of ether oxygens (including phenoxy) is 3. The number of imide groups is 1. The van der Waals surface area contributed by atoms with Gasteiger partial charge in [0.1, 0.15) is 36.5 Å². The van der Waals surface area contributed by atoms with Gasteiger partial charge in [-0.15, -0.1) is 0 Å². The number of anilines is 1. The molecule has 0 aliphatic carbocycles. The molecule has 3 amide bonds. The number of aliphatic hydroxyl groups excluding tert-OH is 2. The minimum atomic E-state index is -2.06. The second-order valence-corrected chi connectivity index (χ2v) is 16.2. The van der Waals surface area contributed by atoms with Gasteiger partial charge in [0.15, 0.2) is 0 Å². The van der Waals surface area contributed by atoms with Crippen molar-refractivity contribution in [2.24, 2.45) is 5.92 Å². The molecule has 0 bridgehead atoms. The van der Waals surface area contributed by atoms with E-state index in [2.05, 4.69) is 5.32 Å². The van der Waals surface area contributed by atoms with Gasteiger partial charge in [0.2, 0.25) is 11.8 Å². The fraction of sp³-hybridized carbons (Fsp3) is 0.216. The number of aliphatic hydroxyl groups is 2. The van der Waals surface area contributed by atoms with E-state index < -0.39 is 70.5 Å². The molecule has 3 aliphatic rings. The van der Waals surface area contributed by atoms with Gasteiger partial charge >= 0.3 is 12.1 Å². The van der Waals surface area contributed by atoms with E-state index in [0.717, 1.165) is 4.90 Å². The molecule has 334 valence electrons. The molecule has 15 heteroatoms. The highest BCUT2D eigenvalue weighted by Crippen LogP contribution is 2.65. The van der Waals surface area contributed by atoms with Crippen molar-refractivity contribution in [1.29, 1.82) is 0 Å². The van der Waals surface area contributed by atoms with Gasteiger partial charge in [0.25, 0.3) is 5.69 Å². The van der Waals surface area contributed by atoms with E-state index in [-0.39, 0.29) is 43.3 Å². The molecule has 6 aromatic carbocycles. The third-order valence-electron chi connectivity index (χ3n) is 12.6. The van der Waals surface area contributed by atoms with Gasteiger partial charge in [-0.05, 0) is 63.7 Å². The van der Waals surface area contributed by atoms with Crippen LogP contribution in [0.1, 0.15) is 57.7 Å². The first kappa shape index (κ1) is 43.5. The lowest BCUT2D eigenvalue weighted by molar-refractivity contribution is -0.384. The number of carbonyl (C=O) groups is 4.